The molecule has 0 amide bonds. The second kappa shape index (κ2) is 11.4. The summed E-state index contributed by atoms with van der Waals surface area (Å²) in [6, 6.07) is 50.1. The predicted molar refractivity (Wildman–Crippen MR) is 213 cm³/mol. The Bertz CT molecular complexity index is 3050. The minimum Gasteiger partial charge on any atom is -0.307 e. The second-order valence-electron chi connectivity index (χ2n) is 13.2. The maximum atomic E-state index is 14.0. The van der Waals surface area contributed by atoms with E-state index in [-0.39, 0.29) is 10.9 Å². The first-order chi connectivity index (χ1) is 26.6. The largest absolute Gasteiger partial charge is 0.307 e. The topological polar surface area (TPSA) is 105 Å². The zero-order chi connectivity index (χ0) is 35.9. The SMILES string of the molecule is O=c1c2ccccc2n(-c2cc(-n3nc4ccccc4n3)c(-n3nc4ccccc4n3)cc2-n2c3ccccc3c(=O)c3ccccc32)c2ccccc12. The Morgan fingerprint density at radius 2 is 0.574 bits per heavy atom. The monoisotopic (exact) mass is 698 g/mol. The van der Waals surface area contributed by atoms with Gasteiger partial charge in [0.25, 0.3) is 0 Å². The van der Waals surface area contributed by atoms with E-state index in [0.717, 1.165) is 55.5 Å². The summed E-state index contributed by atoms with van der Waals surface area (Å²) < 4.78 is 4.24. The molecule has 0 unspecified atom stereocenters. The third kappa shape index (κ3) is 4.34. The molecule has 54 heavy (non-hydrogen) atoms. The first kappa shape index (κ1) is 30.0. The van der Waals surface area contributed by atoms with Crippen molar-refractivity contribution >= 4 is 65.7 Å². The molecular formula is C44H26N8O2. The maximum Gasteiger partial charge on any atom is 0.197 e. The second-order valence-corrected chi connectivity index (χ2v) is 13.2. The van der Waals surface area contributed by atoms with E-state index in [1.807, 2.05) is 158 Å². The van der Waals surface area contributed by atoms with Gasteiger partial charge in [0.1, 0.15) is 33.4 Å². The number of nitrogens with zero attached hydrogens (tertiary/aromatic N) is 8. The summed E-state index contributed by atoms with van der Waals surface area (Å²) >= 11 is 0. The van der Waals surface area contributed by atoms with Gasteiger partial charge in [-0.2, -0.15) is 0 Å². The van der Waals surface area contributed by atoms with Crippen LogP contribution < -0.4 is 10.9 Å². The molecule has 4 aromatic heterocycles. The van der Waals surface area contributed by atoms with E-state index in [1.54, 1.807) is 9.59 Å². The summed E-state index contributed by atoms with van der Waals surface area (Å²) in [6.45, 7) is 0. The molecule has 11 aromatic rings. The number of benzene rings is 7. The zero-order valence-corrected chi connectivity index (χ0v) is 28.4. The Morgan fingerprint density at radius 3 is 0.870 bits per heavy atom. The Kier molecular flexibility index (Phi) is 6.32. The molecule has 0 radical (unpaired) electrons. The molecule has 0 fully saturated rings. The van der Waals surface area contributed by atoms with Crippen LogP contribution in [0.25, 0.3) is 88.4 Å². The Balaban J connectivity index is 1.39. The highest BCUT2D eigenvalue weighted by molar-refractivity contribution is 5.99. The Hall–Kier alpha value is -7.72. The molecule has 10 heteroatoms. The normalized spacial score (nSPS) is 11.9. The van der Waals surface area contributed by atoms with Crippen molar-refractivity contribution in [2.45, 2.75) is 0 Å². The molecule has 0 atom stereocenters. The number of para-hydroxylation sites is 4. The molecule has 10 nitrogen and oxygen atoms in total. The number of hydrogen-bond donors (Lipinski definition) is 0. The molecule has 0 aliphatic heterocycles. The highest BCUT2D eigenvalue weighted by Crippen LogP contribution is 2.36. The number of hydrogen-bond acceptors (Lipinski definition) is 6. The summed E-state index contributed by atoms with van der Waals surface area (Å²) in [5, 5.41) is 22.1. The van der Waals surface area contributed by atoms with Gasteiger partial charge in [0, 0.05) is 21.5 Å². The van der Waals surface area contributed by atoms with Gasteiger partial charge in [-0.15, -0.1) is 30.0 Å². The van der Waals surface area contributed by atoms with E-state index in [4.69, 9.17) is 20.4 Å². The fourth-order valence-corrected chi connectivity index (χ4v) is 7.68. The first-order valence-corrected chi connectivity index (χ1v) is 17.5. The van der Waals surface area contributed by atoms with E-state index in [1.165, 1.54) is 0 Å². The molecule has 0 aliphatic rings. The molecule has 11 rings (SSSR count). The van der Waals surface area contributed by atoms with Crippen LogP contribution in [0.3, 0.4) is 0 Å². The van der Waals surface area contributed by atoms with Gasteiger partial charge in [-0.25, -0.2) is 0 Å². The van der Waals surface area contributed by atoms with Gasteiger partial charge in [-0.3, -0.25) is 9.59 Å². The highest BCUT2D eigenvalue weighted by atomic mass is 16.1. The third-order valence-corrected chi connectivity index (χ3v) is 10.1. The fourth-order valence-electron chi connectivity index (χ4n) is 7.68. The molecule has 0 N–H and O–H groups in total. The van der Waals surface area contributed by atoms with Crippen LogP contribution in [0.1, 0.15) is 0 Å². The van der Waals surface area contributed by atoms with E-state index < -0.39 is 0 Å². The van der Waals surface area contributed by atoms with Gasteiger partial charge < -0.3 is 9.13 Å². The number of pyridine rings is 2. The van der Waals surface area contributed by atoms with Gasteiger partial charge in [-0.1, -0.05) is 72.8 Å². The minimum atomic E-state index is -0.0532. The van der Waals surface area contributed by atoms with Crippen molar-refractivity contribution in [2.24, 2.45) is 0 Å². The van der Waals surface area contributed by atoms with Gasteiger partial charge in [0.15, 0.2) is 10.9 Å². The van der Waals surface area contributed by atoms with Crippen LogP contribution in [-0.2, 0) is 0 Å². The van der Waals surface area contributed by atoms with Crippen LogP contribution >= 0.6 is 0 Å². The molecule has 7 aromatic carbocycles. The van der Waals surface area contributed by atoms with Crippen molar-refractivity contribution < 1.29 is 0 Å². The Labute approximate surface area is 305 Å². The van der Waals surface area contributed by atoms with Crippen molar-refractivity contribution in [1.29, 1.82) is 0 Å². The van der Waals surface area contributed by atoms with Crippen LogP contribution in [0.2, 0.25) is 0 Å². The van der Waals surface area contributed by atoms with Crippen LogP contribution in [0.4, 0.5) is 0 Å². The quantitative estimate of drug-likeness (QED) is 0.172. The minimum absolute atomic E-state index is 0.0532. The molecule has 0 saturated carbocycles. The van der Waals surface area contributed by atoms with Gasteiger partial charge >= 0.3 is 0 Å². The average Bonchev–Trinajstić information content (AvgIpc) is 3.86. The summed E-state index contributed by atoms with van der Waals surface area (Å²) in [7, 11) is 0. The standard InChI is InChI=1S/C44H26N8O2/c53-43-27-13-1-9-21-35(27)49(36-22-10-2-14-28(36)43)39-25-41(51-45-31-17-5-6-18-32(31)46-51)42(52-47-33-19-7-8-20-34(33)48-52)26-40(39)50-37-23-11-3-15-29(37)44(54)30-16-4-12-24-38(30)50/h1-26H. The Morgan fingerprint density at radius 1 is 0.315 bits per heavy atom. The molecule has 0 spiro atoms. The first-order valence-electron chi connectivity index (χ1n) is 17.5. The maximum absolute atomic E-state index is 14.0. The average molecular weight is 699 g/mol. The lowest BCUT2D eigenvalue weighted by Gasteiger charge is -2.24. The van der Waals surface area contributed by atoms with Crippen molar-refractivity contribution in [3.8, 4) is 22.7 Å². The van der Waals surface area contributed by atoms with Crippen molar-refractivity contribution in [1.82, 2.24) is 39.1 Å². The number of fused-ring (bicyclic) bond motifs is 6. The van der Waals surface area contributed by atoms with Crippen LogP contribution in [0.15, 0.2) is 167 Å². The molecule has 0 bridgehead atoms. The van der Waals surface area contributed by atoms with E-state index >= 15 is 0 Å². The lowest BCUT2D eigenvalue weighted by atomic mass is 10.1. The smallest absolute Gasteiger partial charge is 0.197 e. The number of aromatic nitrogens is 8. The number of rotatable bonds is 4. The van der Waals surface area contributed by atoms with Gasteiger partial charge in [-0.05, 0) is 84.9 Å². The molecule has 4 heterocycles. The van der Waals surface area contributed by atoms with Crippen LogP contribution in [-0.4, -0.2) is 39.1 Å². The van der Waals surface area contributed by atoms with Gasteiger partial charge in [0.05, 0.1) is 33.4 Å². The van der Waals surface area contributed by atoms with Crippen molar-refractivity contribution in [3.63, 3.8) is 0 Å². The summed E-state index contributed by atoms with van der Waals surface area (Å²) in [4.78, 5) is 31.3. The summed E-state index contributed by atoms with van der Waals surface area (Å²) in [5.41, 5.74) is 8.33. The van der Waals surface area contributed by atoms with Crippen molar-refractivity contribution in [3.05, 3.63) is 178 Å². The molecule has 0 saturated heterocycles. The van der Waals surface area contributed by atoms with Crippen LogP contribution in [0, 0.1) is 0 Å². The summed E-state index contributed by atoms with van der Waals surface area (Å²) in [5.74, 6) is 0. The zero-order valence-electron chi connectivity index (χ0n) is 28.4. The molecule has 254 valence electrons. The van der Waals surface area contributed by atoms with E-state index in [9.17, 15) is 9.59 Å². The highest BCUT2D eigenvalue weighted by Gasteiger charge is 2.24. The predicted octanol–water partition coefficient (Wildman–Crippen LogP) is 8.07. The lowest BCUT2D eigenvalue weighted by molar-refractivity contribution is 0.715. The van der Waals surface area contributed by atoms with Gasteiger partial charge in [0.2, 0.25) is 0 Å². The third-order valence-electron chi connectivity index (χ3n) is 10.1. The molecule has 0 aliphatic carbocycles. The summed E-state index contributed by atoms with van der Waals surface area (Å²) in [6.07, 6.45) is 0. The van der Waals surface area contributed by atoms with Crippen LogP contribution in [0.5, 0.6) is 0 Å². The lowest BCUT2D eigenvalue weighted by Crippen LogP contribution is -2.17. The van der Waals surface area contributed by atoms with Crippen molar-refractivity contribution in [2.75, 3.05) is 0 Å². The molecular weight excluding hydrogens is 673 g/mol. The van der Waals surface area contributed by atoms with E-state index in [0.29, 0.717) is 32.9 Å². The van der Waals surface area contributed by atoms with E-state index in [2.05, 4.69) is 9.13 Å². The fraction of sp³-hybridized carbons (Fsp3) is 0.